The van der Waals surface area contributed by atoms with Gasteiger partial charge in [0.25, 0.3) is 0 Å². The van der Waals surface area contributed by atoms with Crippen molar-refractivity contribution in [1.82, 2.24) is 15.0 Å². The largest absolute Gasteiger partial charge is 0.256 e. The van der Waals surface area contributed by atoms with Crippen LogP contribution in [0.1, 0.15) is 52.6 Å². The van der Waals surface area contributed by atoms with Crippen LogP contribution in [0.3, 0.4) is 0 Å². The van der Waals surface area contributed by atoms with Crippen LogP contribution in [0.2, 0.25) is 0 Å². The van der Waals surface area contributed by atoms with Crippen LogP contribution in [-0.2, 0) is 25.5 Å². The third-order valence-corrected chi connectivity index (χ3v) is 11.6. The first-order valence-corrected chi connectivity index (χ1v) is 21.9. The molecule has 3 aromatic heterocycles. The molecule has 6 heteroatoms. The molecular weight excluding hydrogens is 856 g/mol. The van der Waals surface area contributed by atoms with Crippen LogP contribution in [-0.4, -0.2) is 15.0 Å². The fraction of sp³-hybridized carbons (Fsp3) is 0.0952. The number of hydrogen-bond acceptors (Lipinski definition) is 3. The molecule has 10 aromatic rings. The van der Waals surface area contributed by atoms with Crippen molar-refractivity contribution >= 4 is 0 Å². The molecule has 0 fully saturated rings. The Bertz CT molecular complexity index is 3880. The van der Waals surface area contributed by atoms with E-state index in [9.17, 15) is 19.7 Å². The maximum absolute atomic E-state index is 16.2. The molecule has 10 rings (SSSR count). The van der Waals surface area contributed by atoms with Gasteiger partial charge in [-0.1, -0.05) is 109 Å². The number of hydrogen-bond donors (Lipinski definition) is 0. The molecule has 0 spiro atoms. The van der Waals surface area contributed by atoms with E-state index in [0.717, 1.165) is 89.7 Å². The predicted octanol–water partition coefficient (Wildman–Crippen LogP) is 16.1. The maximum Gasteiger partial charge on any atom is 0.123 e. The van der Waals surface area contributed by atoms with Crippen molar-refractivity contribution in [2.24, 2.45) is 0 Å². The number of aromatic nitrogens is 3. The number of rotatable bonds is 13. The Morgan fingerprint density at radius 2 is 0.783 bits per heavy atom. The van der Waals surface area contributed by atoms with E-state index in [2.05, 4.69) is 9.97 Å². The molecule has 0 radical (unpaired) electrons. The molecule has 0 aliphatic rings. The summed E-state index contributed by atoms with van der Waals surface area (Å²) in [5.74, 6) is -1.98. The van der Waals surface area contributed by atoms with Gasteiger partial charge in [-0.05, 0) is 190 Å². The third kappa shape index (κ3) is 10.2. The summed E-state index contributed by atoms with van der Waals surface area (Å²) >= 11 is 0. The molecule has 336 valence electrons. The number of halogens is 3. The van der Waals surface area contributed by atoms with Gasteiger partial charge in [0.05, 0.1) is 17.1 Å². The van der Waals surface area contributed by atoms with E-state index < -0.39 is 90.0 Å². The van der Waals surface area contributed by atoms with Crippen LogP contribution < -0.4 is 0 Å². The first kappa shape index (κ1) is 30.9. The summed E-state index contributed by atoms with van der Waals surface area (Å²) in [6.07, 6.45) is -10.2. The van der Waals surface area contributed by atoms with Gasteiger partial charge < -0.3 is 0 Å². The quantitative estimate of drug-likeness (QED) is 0.116. The molecule has 3 heterocycles. The number of pyridine rings is 3. The van der Waals surface area contributed by atoms with Gasteiger partial charge in [0, 0.05) is 60.0 Å². The van der Waals surface area contributed by atoms with Crippen molar-refractivity contribution in [2.45, 2.75) is 39.2 Å². The molecule has 3 nitrogen and oxygen atoms in total. The third-order valence-electron chi connectivity index (χ3n) is 11.6. The van der Waals surface area contributed by atoms with Gasteiger partial charge in [0.15, 0.2) is 0 Å². The zero-order valence-corrected chi connectivity index (χ0v) is 36.6. The van der Waals surface area contributed by atoms with Crippen LogP contribution in [0.4, 0.5) is 13.2 Å². The molecule has 0 aliphatic heterocycles. The Hall–Kier alpha value is -8.22. The molecule has 0 saturated carbocycles. The Kier molecular flexibility index (Phi) is 8.94. The van der Waals surface area contributed by atoms with Crippen LogP contribution in [0.25, 0.3) is 78.3 Å². The minimum Gasteiger partial charge on any atom is -0.256 e. The topological polar surface area (TPSA) is 38.7 Å². The van der Waals surface area contributed by atoms with Crippen LogP contribution >= 0.6 is 0 Å². The van der Waals surface area contributed by atoms with Crippen molar-refractivity contribution in [2.75, 3.05) is 0 Å². The Labute approximate surface area is 421 Å². The molecule has 7 aromatic carbocycles. The summed E-state index contributed by atoms with van der Waals surface area (Å²) in [7, 11) is 0. The number of aryl methyl sites for hydroxylation is 6. The van der Waals surface area contributed by atoms with E-state index in [4.69, 9.17) is 13.2 Å². The summed E-state index contributed by atoms with van der Waals surface area (Å²) in [4.78, 5) is 13.4. The normalized spacial score (nSPS) is 15.4. The molecular formula is C63H48F3N3. The summed E-state index contributed by atoms with van der Waals surface area (Å²) in [6, 6.07) is 47.5. The van der Waals surface area contributed by atoms with E-state index in [1.807, 2.05) is 91.0 Å². The minimum atomic E-state index is -3.39. The molecule has 0 amide bonds. The highest BCUT2D eigenvalue weighted by Gasteiger charge is 2.18. The standard InChI is InChI=1S/C63H48F3N3/c1-41-31-61(49-21-25-54(64)26-22-49)67-38-51(41)15-13-43-33-44(14-16-52-39-68-62(32-42(52)2)50-23-27-55(65)28-24-50)35-53(34-43)58-36-56(66)29-30-57(58)60-40-69-63(48-11-7-4-8-12-48)37-59(60)47-19-17-46(18-20-47)45-9-5-3-6-10-45/h3-12,17-40H,13-16H2,1-2H3/i1D3,2D3,13D2,14D2,15D2,16D2. The van der Waals surface area contributed by atoms with Crippen molar-refractivity contribution in [1.29, 1.82) is 0 Å². The van der Waals surface area contributed by atoms with Gasteiger partial charge in [0.1, 0.15) is 17.5 Å². The highest BCUT2D eigenvalue weighted by atomic mass is 19.1. The minimum absolute atomic E-state index is 0.00370. The summed E-state index contributed by atoms with van der Waals surface area (Å²) in [6.45, 7) is -6.20. The lowest BCUT2D eigenvalue weighted by Crippen LogP contribution is -2.01. The van der Waals surface area contributed by atoms with Crippen LogP contribution in [0.5, 0.6) is 0 Å². The lowest BCUT2D eigenvalue weighted by molar-refractivity contribution is 0.627. The first-order chi connectivity index (χ1) is 39.1. The highest BCUT2D eigenvalue weighted by Crippen LogP contribution is 2.41. The highest BCUT2D eigenvalue weighted by molar-refractivity contribution is 5.93. The predicted molar refractivity (Wildman–Crippen MR) is 275 cm³/mol. The zero-order valence-electron chi connectivity index (χ0n) is 50.6. The first-order valence-electron chi connectivity index (χ1n) is 28.9. The van der Waals surface area contributed by atoms with Crippen molar-refractivity contribution < 1.29 is 32.4 Å². The van der Waals surface area contributed by atoms with E-state index in [0.29, 0.717) is 22.4 Å². The van der Waals surface area contributed by atoms with Gasteiger partial charge >= 0.3 is 0 Å². The number of benzene rings is 7. The van der Waals surface area contributed by atoms with E-state index in [-0.39, 0.29) is 39.2 Å². The second-order valence-corrected chi connectivity index (χ2v) is 16.2. The fourth-order valence-corrected chi connectivity index (χ4v) is 8.01. The second-order valence-electron chi connectivity index (χ2n) is 16.2. The zero-order chi connectivity index (χ0) is 59.4. The molecule has 0 saturated heterocycles. The molecule has 0 atom stereocenters. The van der Waals surface area contributed by atoms with Gasteiger partial charge in [-0.15, -0.1) is 0 Å². The van der Waals surface area contributed by atoms with Crippen LogP contribution in [0.15, 0.2) is 207 Å². The molecule has 0 unspecified atom stereocenters. The summed E-state index contributed by atoms with van der Waals surface area (Å²) in [5.41, 5.74) is 1.48. The Morgan fingerprint density at radius 1 is 0.348 bits per heavy atom. The van der Waals surface area contributed by atoms with Crippen LogP contribution in [0, 0.1) is 31.2 Å². The SMILES string of the molecule is [2H]C([2H])([2H])c1cc(-c2ccc(F)cc2)ncc1C([2H])([2H])C([2H])([2H])c1cc(-c2cc(F)ccc2-c2cnc(-c3ccccc3)cc2-c2ccc(-c3ccccc3)cc2)cc(C([2H])([2H])C([2H])([2H])c2cnc(-c3ccc(F)cc3)cc2C([2H])([2H])[2H])c1. The van der Waals surface area contributed by atoms with Gasteiger partial charge in [-0.3, -0.25) is 15.0 Å². The second kappa shape index (κ2) is 19.9. The molecule has 0 aliphatic carbocycles. The number of nitrogens with zero attached hydrogens (tertiary/aromatic N) is 3. The lowest BCUT2D eigenvalue weighted by Gasteiger charge is -2.18. The fourth-order valence-electron chi connectivity index (χ4n) is 8.01. The van der Waals surface area contributed by atoms with Crippen molar-refractivity contribution in [3.8, 4) is 78.3 Å². The monoisotopic (exact) mass is 917 g/mol. The summed E-state index contributed by atoms with van der Waals surface area (Å²) in [5, 5.41) is 0. The smallest absolute Gasteiger partial charge is 0.123 e. The van der Waals surface area contributed by atoms with Crippen molar-refractivity contribution in [3.63, 3.8) is 0 Å². The van der Waals surface area contributed by atoms with E-state index in [1.165, 1.54) is 36.4 Å². The summed E-state index contributed by atoms with van der Waals surface area (Å²) < 4.78 is 173. The van der Waals surface area contributed by atoms with E-state index in [1.54, 1.807) is 6.20 Å². The Morgan fingerprint density at radius 3 is 1.33 bits per heavy atom. The molecule has 0 N–H and O–H groups in total. The lowest BCUT2D eigenvalue weighted by atomic mass is 9.87. The van der Waals surface area contributed by atoms with Gasteiger partial charge in [-0.25, -0.2) is 13.2 Å². The average Bonchev–Trinajstić information content (AvgIpc) is 2.56. The average molecular weight is 918 g/mol. The van der Waals surface area contributed by atoms with Gasteiger partial charge in [0.2, 0.25) is 0 Å². The molecule has 0 bridgehead atoms. The Balaban J connectivity index is 1.20. The van der Waals surface area contributed by atoms with Crippen molar-refractivity contribution in [3.05, 3.63) is 257 Å². The van der Waals surface area contributed by atoms with E-state index >= 15 is 4.39 Å². The maximum atomic E-state index is 16.2. The molecule has 69 heavy (non-hydrogen) atoms. The van der Waals surface area contributed by atoms with Gasteiger partial charge in [-0.2, -0.15) is 0 Å².